The van der Waals surface area contributed by atoms with Crippen molar-refractivity contribution in [2.24, 2.45) is 0 Å². The van der Waals surface area contributed by atoms with Crippen LogP contribution < -0.4 is 0 Å². The monoisotopic (exact) mass is 546 g/mol. The summed E-state index contributed by atoms with van der Waals surface area (Å²) in [4.78, 5) is 0. The summed E-state index contributed by atoms with van der Waals surface area (Å²) in [7, 11) is 0. The molecule has 0 saturated carbocycles. The van der Waals surface area contributed by atoms with Gasteiger partial charge in [0.1, 0.15) is 0 Å². The predicted octanol–water partition coefficient (Wildman–Crippen LogP) is 11.9. The molecule has 43 heavy (non-hydrogen) atoms. The molecule has 0 N–H and O–H groups in total. The fourth-order valence-corrected chi connectivity index (χ4v) is 7.77. The van der Waals surface area contributed by atoms with Crippen molar-refractivity contribution < 1.29 is 0 Å². The van der Waals surface area contributed by atoms with Gasteiger partial charge in [0.05, 0.1) is 0 Å². The van der Waals surface area contributed by atoms with Crippen LogP contribution in [-0.4, -0.2) is 0 Å². The van der Waals surface area contributed by atoms with E-state index in [0.29, 0.717) is 0 Å². The summed E-state index contributed by atoms with van der Waals surface area (Å²) >= 11 is 0. The summed E-state index contributed by atoms with van der Waals surface area (Å²) in [5.41, 5.74) is 10.6. The fraction of sp³-hybridized carbons (Fsp3) is 0.0698. The van der Waals surface area contributed by atoms with Crippen molar-refractivity contribution in [2.75, 3.05) is 0 Å². The molecule has 0 spiro atoms. The quantitative estimate of drug-likeness (QED) is 0.149. The van der Waals surface area contributed by atoms with Gasteiger partial charge < -0.3 is 0 Å². The highest BCUT2D eigenvalue weighted by molar-refractivity contribution is 6.20. The maximum atomic E-state index is 2.41. The number of rotatable bonds is 2. The van der Waals surface area contributed by atoms with E-state index in [-0.39, 0.29) is 5.41 Å². The Balaban J connectivity index is 1.35. The van der Waals surface area contributed by atoms with Gasteiger partial charge in [-0.25, -0.2) is 0 Å². The van der Waals surface area contributed by atoms with E-state index in [9.17, 15) is 0 Å². The highest BCUT2D eigenvalue weighted by Crippen LogP contribution is 2.50. The Morgan fingerprint density at radius 2 is 1.12 bits per heavy atom. The first-order chi connectivity index (χ1) is 21.1. The Morgan fingerprint density at radius 3 is 2.02 bits per heavy atom. The van der Waals surface area contributed by atoms with Crippen molar-refractivity contribution in [3.63, 3.8) is 0 Å². The molecule has 0 atom stereocenters. The van der Waals surface area contributed by atoms with E-state index in [1.54, 1.807) is 0 Å². The zero-order valence-electron chi connectivity index (χ0n) is 24.4. The molecule has 0 unspecified atom stereocenters. The Bertz CT molecular complexity index is 2410. The predicted molar refractivity (Wildman–Crippen MR) is 185 cm³/mol. The smallest absolute Gasteiger partial charge is 0.0159 e. The average molecular weight is 547 g/mol. The summed E-state index contributed by atoms with van der Waals surface area (Å²) in [5.74, 6) is 0. The molecule has 1 aliphatic rings. The van der Waals surface area contributed by atoms with Gasteiger partial charge in [-0.15, -0.1) is 0 Å². The van der Waals surface area contributed by atoms with Crippen molar-refractivity contribution in [2.45, 2.75) is 19.3 Å². The molecule has 1 aliphatic carbocycles. The molecular weight excluding hydrogens is 516 g/mol. The number of hydrogen-bond donors (Lipinski definition) is 0. The van der Waals surface area contributed by atoms with Gasteiger partial charge >= 0.3 is 0 Å². The molecule has 8 aromatic carbocycles. The fourth-order valence-electron chi connectivity index (χ4n) is 7.77. The minimum atomic E-state index is -0.0599. The van der Waals surface area contributed by atoms with Crippen LogP contribution in [0.5, 0.6) is 0 Å². The Morgan fingerprint density at radius 1 is 0.372 bits per heavy atom. The molecule has 0 heteroatoms. The lowest BCUT2D eigenvalue weighted by Gasteiger charge is -2.35. The van der Waals surface area contributed by atoms with Crippen molar-refractivity contribution in [1.82, 2.24) is 0 Å². The zero-order chi connectivity index (χ0) is 28.7. The lowest BCUT2D eigenvalue weighted by molar-refractivity contribution is 0.645. The molecule has 0 nitrogen and oxygen atoms in total. The van der Waals surface area contributed by atoms with Crippen LogP contribution in [0.1, 0.15) is 25.0 Å². The molecule has 0 aliphatic heterocycles. The molecule has 8 aromatic rings. The standard InChI is InChI=1S/C43H30/c1-43(2)39-18-9-8-15-34(39)36-17-10-16-35-32(23-24-40(43)42(35)36)29-20-21-33-30(25-29)26-38-31-14-7-6-11-27(31)19-22-37(38)41(33)28-12-4-3-5-13-28/h3-26H,1-2H3. The molecule has 202 valence electrons. The summed E-state index contributed by atoms with van der Waals surface area (Å²) < 4.78 is 0. The number of fused-ring (bicyclic) bond motifs is 6. The molecule has 0 radical (unpaired) electrons. The first-order valence-corrected chi connectivity index (χ1v) is 15.2. The van der Waals surface area contributed by atoms with Crippen molar-refractivity contribution >= 4 is 43.1 Å². The van der Waals surface area contributed by atoms with Gasteiger partial charge in [-0.05, 0) is 99.7 Å². The van der Waals surface area contributed by atoms with E-state index >= 15 is 0 Å². The van der Waals surface area contributed by atoms with Crippen LogP contribution in [0.2, 0.25) is 0 Å². The average Bonchev–Trinajstić information content (AvgIpc) is 3.06. The van der Waals surface area contributed by atoms with E-state index in [0.717, 1.165) is 0 Å². The van der Waals surface area contributed by atoms with Crippen molar-refractivity contribution in [1.29, 1.82) is 0 Å². The van der Waals surface area contributed by atoms with E-state index in [1.807, 2.05) is 0 Å². The van der Waals surface area contributed by atoms with Crippen LogP contribution in [0.3, 0.4) is 0 Å². The highest BCUT2D eigenvalue weighted by atomic mass is 14.4. The van der Waals surface area contributed by atoms with E-state index in [4.69, 9.17) is 0 Å². The van der Waals surface area contributed by atoms with E-state index in [2.05, 4.69) is 159 Å². The third-order valence-electron chi connectivity index (χ3n) is 9.84. The normalized spacial score (nSPS) is 13.5. The van der Waals surface area contributed by atoms with Gasteiger partial charge in [-0.3, -0.25) is 0 Å². The third kappa shape index (κ3) is 3.44. The Hall–Kier alpha value is -5.20. The first kappa shape index (κ1) is 24.4. The maximum absolute atomic E-state index is 2.41. The molecule has 0 saturated heterocycles. The van der Waals surface area contributed by atoms with Crippen molar-refractivity contribution in [3.8, 4) is 33.4 Å². The Labute approximate surface area is 251 Å². The molecule has 0 bridgehead atoms. The van der Waals surface area contributed by atoms with Gasteiger partial charge in [0.25, 0.3) is 0 Å². The van der Waals surface area contributed by atoms with Gasteiger partial charge in [-0.1, -0.05) is 147 Å². The van der Waals surface area contributed by atoms with Crippen LogP contribution in [0.4, 0.5) is 0 Å². The van der Waals surface area contributed by atoms with Gasteiger partial charge in [0.2, 0.25) is 0 Å². The summed E-state index contributed by atoms with van der Waals surface area (Å²) in [6.45, 7) is 4.74. The van der Waals surface area contributed by atoms with Gasteiger partial charge in [0, 0.05) is 5.41 Å². The van der Waals surface area contributed by atoms with Gasteiger partial charge in [-0.2, -0.15) is 0 Å². The number of benzene rings is 8. The SMILES string of the molecule is CC1(C)c2ccccc2-c2cccc3c(-c4ccc5c(-c6ccccc6)c6ccc7ccccc7c6cc5c4)ccc1c23. The van der Waals surface area contributed by atoms with Crippen LogP contribution in [0, 0.1) is 0 Å². The highest BCUT2D eigenvalue weighted by Gasteiger charge is 2.33. The van der Waals surface area contributed by atoms with Gasteiger partial charge in [0.15, 0.2) is 0 Å². The minimum Gasteiger partial charge on any atom is -0.0622 e. The second kappa shape index (κ2) is 8.90. The molecule has 0 fully saturated rings. The lowest BCUT2D eigenvalue weighted by atomic mass is 9.68. The molecule has 0 heterocycles. The number of hydrogen-bond acceptors (Lipinski definition) is 0. The van der Waals surface area contributed by atoms with Crippen LogP contribution in [0.15, 0.2) is 146 Å². The lowest BCUT2D eigenvalue weighted by Crippen LogP contribution is -2.23. The summed E-state index contributed by atoms with van der Waals surface area (Å²) in [6.07, 6.45) is 0. The van der Waals surface area contributed by atoms with Crippen LogP contribution in [0.25, 0.3) is 76.5 Å². The second-order valence-corrected chi connectivity index (χ2v) is 12.5. The third-order valence-corrected chi connectivity index (χ3v) is 9.84. The topological polar surface area (TPSA) is 0 Å². The molecule has 9 rings (SSSR count). The summed E-state index contributed by atoms with van der Waals surface area (Å²) in [5, 5.41) is 10.4. The van der Waals surface area contributed by atoms with Crippen LogP contribution >= 0.6 is 0 Å². The molecule has 0 aromatic heterocycles. The second-order valence-electron chi connectivity index (χ2n) is 12.5. The molecular formula is C43H30. The van der Waals surface area contributed by atoms with E-state index in [1.165, 1.54) is 87.6 Å². The largest absolute Gasteiger partial charge is 0.0622 e. The minimum absolute atomic E-state index is 0.0599. The zero-order valence-corrected chi connectivity index (χ0v) is 24.4. The van der Waals surface area contributed by atoms with Crippen LogP contribution in [-0.2, 0) is 5.41 Å². The summed E-state index contributed by atoms with van der Waals surface area (Å²) in [6, 6.07) is 54.2. The maximum Gasteiger partial charge on any atom is 0.0159 e. The first-order valence-electron chi connectivity index (χ1n) is 15.2. The Kier molecular flexibility index (Phi) is 5.05. The molecule has 0 amide bonds. The van der Waals surface area contributed by atoms with E-state index < -0.39 is 0 Å². The van der Waals surface area contributed by atoms with Crippen molar-refractivity contribution in [3.05, 3.63) is 157 Å².